The lowest BCUT2D eigenvalue weighted by Crippen LogP contribution is -2.41. The summed E-state index contributed by atoms with van der Waals surface area (Å²) < 4.78 is 19.3. The zero-order chi connectivity index (χ0) is 11.5. The molecule has 2 rings (SSSR count). The molecule has 1 aliphatic rings. The molecule has 88 valence electrons. The van der Waals surface area contributed by atoms with E-state index in [2.05, 4.69) is 10.6 Å². The quantitative estimate of drug-likeness (QED) is 0.824. The van der Waals surface area contributed by atoms with Crippen LogP contribution in [-0.4, -0.2) is 25.7 Å². The smallest absolute Gasteiger partial charge is 0.150 e. The molecule has 1 heterocycles. The third-order valence-electron chi connectivity index (χ3n) is 2.86. The van der Waals surface area contributed by atoms with Gasteiger partial charge in [-0.15, -0.1) is 0 Å². The molecule has 2 unspecified atom stereocenters. The number of hydrogen-bond donors (Lipinski definition) is 2. The third-order valence-corrected chi connectivity index (χ3v) is 2.86. The molecule has 1 aromatic carbocycles. The van der Waals surface area contributed by atoms with E-state index in [-0.39, 0.29) is 18.0 Å². The highest BCUT2D eigenvalue weighted by Crippen LogP contribution is 2.33. The van der Waals surface area contributed by atoms with E-state index in [1.165, 1.54) is 6.07 Å². The zero-order valence-corrected chi connectivity index (χ0v) is 9.59. The number of nitrogens with one attached hydrogen (secondary N) is 2. The summed E-state index contributed by atoms with van der Waals surface area (Å²) in [5.41, 5.74) is 0.482. The molecule has 1 aliphatic heterocycles. The molecular formula is C12H17FN2O. The number of halogens is 1. The van der Waals surface area contributed by atoms with Gasteiger partial charge in [-0.3, -0.25) is 0 Å². The van der Waals surface area contributed by atoms with Gasteiger partial charge in [-0.05, 0) is 39.1 Å². The molecule has 1 aromatic rings. The Labute approximate surface area is 95.0 Å². The van der Waals surface area contributed by atoms with E-state index in [1.54, 1.807) is 12.1 Å². The number of benzene rings is 1. The summed E-state index contributed by atoms with van der Waals surface area (Å²) in [6.45, 7) is 2.90. The van der Waals surface area contributed by atoms with E-state index in [1.807, 2.05) is 14.0 Å². The number of para-hydroxylation sites is 1. The van der Waals surface area contributed by atoms with Gasteiger partial charge in [0.25, 0.3) is 0 Å². The number of anilines is 1. The minimum absolute atomic E-state index is 0.0850. The molecule has 2 atom stereocenters. The molecule has 0 aromatic heterocycles. The predicted octanol–water partition coefficient (Wildman–Crippen LogP) is 2.00. The van der Waals surface area contributed by atoms with Gasteiger partial charge in [0.1, 0.15) is 23.4 Å². The van der Waals surface area contributed by atoms with Crippen molar-refractivity contribution in [2.24, 2.45) is 0 Å². The largest absolute Gasteiger partial charge is 0.486 e. The first kappa shape index (κ1) is 11.2. The van der Waals surface area contributed by atoms with Crippen molar-refractivity contribution in [1.29, 1.82) is 0 Å². The lowest BCUT2D eigenvalue weighted by Gasteiger charge is -2.33. The molecule has 0 bridgehead atoms. The second-order valence-corrected chi connectivity index (χ2v) is 4.09. The molecule has 0 fully saturated rings. The standard InChI is InChI=1S/C12H17FN2O/c1-8-10(6-7-14-2)16-11-5-3-4-9(13)12(11)15-8/h3-5,8,10,14-15H,6-7H2,1-2H3. The second kappa shape index (κ2) is 4.70. The SMILES string of the molecule is CNCCC1Oc2cccc(F)c2NC1C. The van der Waals surface area contributed by atoms with Gasteiger partial charge < -0.3 is 15.4 Å². The van der Waals surface area contributed by atoms with Gasteiger partial charge >= 0.3 is 0 Å². The van der Waals surface area contributed by atoms with Crippen LogP contribution in [0.25, 0.3) is 0 Å². The van der Waals surface area contributed by atoms with Crippen molar-refractivity contribution in [3.05, 3.63) is 24.0 Å². The molecule has 0 saturated heterocycles. The summed E-state index contributed by atoms with van der Waals surface area (Å²) in [5, 5.41) is 6.25. The van der Waals surface area contributed by atoms with Crippen LogP contribution in [0.2, 0.25) is 0 Å². The minimum atomic E-state index is -0.253. The molecule has 16 heavy (non-hydrogen) atoms. The maximum absolute atomic E-state index is 13.5. The van der Waals surface area contributed by atoms with Gasteiger partial charge in [0, 0.05) is 0 Å². The fourth-order valence-electron chi connectivity index (χ4n) is 1.92. The average molecular weight is 224 g/mol. The van der Waals surface area contributed by atoms with Crippen LogP contribution in [0.15, 0.2) is 18.2 Å². The highest BCUT2D eigenvalue weighted by Gasteiger charge is 2.27. The Bertz CT molecular complexity index is 370. The fraction of sp³-hybridized carbons (Fsp3) is 0.500. The Hall–Kier alpha value is -1.29. The maximum Gasteiger partial charge on any atom is 0.150 e. The number of hydrogen-bond acceptors (Lipinski definition) is 3. The first-order chi connectivity index (χ1) is 7.72. The molecule has 2 N–H and O–H groups in total. The van der Waals surface area contributed by atoms with Crippen molar-refractivity contribution >= 4 is 5.69 Å². The minimum Gasteiger partial charge on any atom is -0.486 e. The molecule has 0 saturated carbocycles. The van der Waals surface area contributed by atoms with Crippen molar-refractivity contribution < 1.29 is 9.13 Å². The van der Waals surface area contributed by atoms with Gasteiger partial charge in [-0.1, -0.05) is 6.07 Å². The molecule has 3 nitrogen and oxygen atoms in total. The van der Waals surface area contributed by atoms with E-state index >= 15 is 0 Å². The van der Waals surface area contributed by atoms with Crippen LogP contribution >= 0.6 is 0 Å². The summed E-state index contributed by atoms with van der Waals surface area (Å²) in [6.07, 6.45) is 0.988. The third kappa shape index (κ3) is 2.11. The highest BCUT2D eigenvalue weighted by atomic mass is 19.1. The summed E-state index contributed by atoms with van der Waals surface area (Å²) in [7, 11) is 1.91. The summed E-state index contributed by atoms with van der Waals surface area (Å²) in [5.74, 6) is 0.357. The van der Waals surface area contributed by atoms with Crippen LogP contribution in [0.5, 0.6) is 5.75 Å². The second-order valence-electron chi connectivity index (χ2n) is 4.09. The lowest BCUT2D eigenvalue weighted by atomic mass is 10.1. The highest BCUT2D eigenvalue weighted by molar-refractivity contribution is 5.59. The normalized spacial score (nSPS) is 23.2. The Balaban J connectivity index is 2.15. The monoisotopic (exact) mass is 224 g/mol. The molecule has 0 aliphatic carbocycles. The van der Waals surface area contributed by atoms with Gasteiger partial charge in [0.15, 0.2) is 0 Å². The van der Waals surface area contributed by atoms with E-state index < -0.39 is 0 Å². The Kier molecular flexibility index (Phi) is 3.29. The number of rotatable bonds is 3. The van der Waals surface area contributed by atoms with Gasteiger partial charge in [0.2, 0.25) is 0 Å². The van der Waals surface area contributed by atoms with E-state index in [0.717, 1.165) is 13.0 Å². The van der Waals surface area contributed by atoms with Gasteiger partial charge in [-0.25, -0.2) is 4.39 Å². The van der Waals surface area contributed by atoms with Crippen LogP contribution < -0.4 is 15.4 Å². The predicted molar refractivity (Wildman–Crippen MR) is 62.4 cm³/mol. The summed E-state index contributed by atoms with van der Waals surface area (Å²) >= 11 is 0. The zero-order valence-electron chi connectivity index (χ0n) is 9.59. The first-order valence-electron chi connectivity index (χ1n) is 5.58. The number of fused-ring (bicyclic) bond motifs is 1. The maximum atomic E-state index is 13.5. The van der Waals surface area contributed by atoms with Crippen molar-refractivity contribution in [3.63, 3.8) is 0 Å². The van der Waals surface area contributed by atoms with Crippen molar-refractivity contribution in [3.8, 4) is 5.75 Å². The van der Waals surface area contributed by atoms with Gasteiger partial charge in [-0.2, -0.15) is 0 Å². The van der Waals surface area contributed by atoms with Crippen molar-refractivity contribution in [2.75, 3.05) is 18.9 Å². The average Bonchev–Trinajstić information content (AvgIpc) is 2.28. The van der Waals surface area contributed by atoms with Crippen LogP contribution in [0.4, 0.5) is 10.1 Å². The van der Waals surface area contributed by atoms with E-state index in [0.29, 0.717) is 11.4 Å². The molecule has 0 radical (unpaired) electrons. The molecule has 0 spiro atoms. The summed E-state index contributed by atoms with van der Waals surface area (Å²) in [4.78, 5) is 0. The van der Waals surface area contributed by atoms with Gasteiger partial charge in [0.05, 0.1) is 6.04 Å². The molecular weight excluding hydrogens is 207 g/mol. The molecule has 0 amide bonds. The molecule has 4 heteroatoms. The van der Waals surface area contributed by atoms with Crippen molar-refractivity contribution in [1.82, 2.24) is 5.32 Å². The van der Waals surface area contributed by atoms with E-state index in [9.17, 15) is 4.39 Å². The Morgan fingerprint density at radius 1 is 1.50 bits per heavy atom. The van der Waals surface area contributed by atoms with Crippen LogP contribution in [-0.2, 0) is 0 Å². The topological polar surface area (TPSA) is 33.3 Å². The van der Waals surface area contributed by atoms with Crippen LogP contribution in [0.3, 0.4) is 0 Å². The Morgan fingerprint density at radius 3 is 3.06 bits per heavy atom. The van der Waals surface area contributed by atoms with Crippen LogP contribution in [0, 0.1) is 5.82 Å². The fourth-order valence-corrected chi connectivity index (χ4v) is 1.92. The number of ether oxygens (including phenoxy) is 1. The van der Waals surface area contributed by atoms with Crippen LogP contribution in [0.1, 0.15) is 13.3 Å². The lowest BCUT2D eigenvalue weighted by molar-refractivity contribution is 0.164. The summed E-state index contributed by atoms with van der Waals surface area (Å²) in [6, 6.07) is 5.03. The van der Waals surface area contributed by atoms with E-state index in [4.69, 9.17) is 4.74 Å². The van der Waals surface area contributed by atoms with Crippen molar-refractivity contribution in [2.45, 2.75) is 25.5 Å². The first-order valence-corrected chi connectivity index (χ1v) is 5.58. The Morgan fingerprint density at radius 2 is 2.31 bits per heavy atom.